The summed E-state index contributed by atoms with van der Waals surface area (Å²) in [6.07, 6.45) is 8.26. The van der Waals surface area contributed by atoms with Crippen LogP contribution in [0.2, 0.25) is 0 Å². The highest BCUT2D eigenvalue weighted by Gasteiger charge is 2.52. The van der Waals surface area contributed by atoms with Crippen molar-refractivity contribution >= 4 is 11.6 Å². The lowest BCUT2D eigenvalue weighted by Gasteiger charge is -2.48. The van der Waals surface area contributed by atoms with Crippen LogP contribution < -0.4 is 4.90 Å². The maximum atomic E-state index is 13.2. The number of carbonyl (C=O) groups excluding carboxylic acids is 1. The quantitative estimate of drug-likeness (QED) is 0.850. The molecule has 2 aliphatic rings. The van der Waals surface area contributed by atoms with Gasteiger partial charge in [0.25, 0.3) is 0 Å². The molecular weight excluding hydrogens is 262 g/mol. The number of nitrogens with zero attached hydrogens (tertiary/aromatic N) is 1. The Morgan fingerprint density at radius 1 is 1.29 bits per heavy atom. The summed E-state index contributed by atoms with van der Waals surface area (Å²) < 4.78 is 5.28. The van der Waals surface area contributed by atoms with Crippen molar-refractivity contribution in [2.75, 3.05) is 18.7 Å². The highest BCUT2D eigenvalue weighted by atomic mass is 16.5. The molecule has 110 valence electrons. The van der Waals surface area contributed by atoms with Crippen LogP contribution in [0.15, 0.2) is 48.6 Å². The van der Waals surface area contributed by atoms with Gasteiger partial charge in [0.05, 0.1) is 5.41 Å². The Hall–Kier alpha value is -1.87. The van der Waals surface area contributed by atoms with Crippen LogP contribution in [0.4, 0.5) is 5.69 Å². The van der Waals surface area contributed by atoms with Gasteiger partial charge in [-0.05, 0) is 17.5 Å². The fraction of sp³-hybridized carbons (Fsp3) is 0.389. The van der Waals surface area contributed by atoms with E-state index in [1.807, 2.05) is 30.4 Å². The zero-order chi connectivity index (χ0) is 15.0. The number of anilines is 1. The number of rotatable bonds is 3. The summed E-state index contributed by atoms with van der Waals surface area (Å²) in [7, 11) is 1.63. The molecule has 21 heavy (non-hydrogen) atoms. The molecule has 1 amide bonds. The van der Waals surface area contributed by atoms with E-state index in [1.165, 1.54) is 5.56 Å². The molecule has 0 fully saturated rings. The number of carbonyl (C=O) groups is 1. The van der Waals surface area contributed by atoms with E-state index in [1.54, 1.807) is 12.0 Å². The summed E-state index contributed by atoms with van der Waals surface area (Å²) >= 11 is 0. The smallest absolute Gasteiger partial charge is 0.240 e. The number of fused-ring (bicyclic) bond motifs is 3. The second-order valence-corrected chi connectivity index (χ2v) is 6.02. The Balaban J connectivity index is 2.24. The standard InChI is InChI=1S/C18H21NO2/c1-13(2)18-11-7-6-9-15(18)14-8-4-5-10-16(14)19(12-21-3)17(18)20/h4-11,13,15H,12H2,1-3H3/t15-,18+/m0/s1. The summed E-state index contributed by atoms with van der Waals surface area (Å²) in [6, 6.07) is 8.13. The fourth-order valence-corrected chi connectivity index (χ4v) is 3.61. The molecule has 3 rings (SSSR count). The summed E-state index contributed by atoms with van der Waals surface area (Å²) in [5, 5.41) is 0. The molecule has 1 aliphatic heterocycles. The number of hydrogen-bond donors (Lipinski definition) is 0. The fourth-order valence-electron chi connectivity index (χ4n) is 3.61. The Morgan fingerprint density at radius 2 is 2.05 bits per heavy atom. The van der Waals surface area contributed by atoms with Crippen molar-refractivity contribution in [1.29, 1.82) is 0 Å². The van der Waals surface area contributed by atoms with Crippen molar-refractivity contribution in [3.05, 3.63) is 54.1 Å². The Labute approximate surface area is 125 Å². The van der Waals surface area contributed by atoms with Crippen molar-refractivity contribution in [2.24, 2.45) is 11.3 Å². The molecule has 3 nitrogen and oxygen atoms in total. The molecule has 1 aromatic carbocycles. The highest BCUT2D eigenvalue weighted by molar-refractivity contribution is 6.03. The number of hydrogen-bond acceptors (Lipinski definition) is 2. The molecule has 0 spiro atoms. The van der Waals surface area contributed by atoms with Gasteiger partial charge in [-0.1, -0.05) is 56.4 Å². The first-order chi connectivity index (χ1) is 10.1. The molecule has 0 aromatic heterocycles. The molecular formula is C18H21NO2. The van der Waals surface area contributed by atoms with Crippen molar-refractivity contribution in [2.45, 2.75) is 19.8 Å². The third-order valence-corrected chi connectivity index (χ3v) is 4.69. The highest BCUT2D eigenvalue weighted by Crippen LogP contribution is 2.53. The van der Waals surface area contributed by atoms with Gasteiger partial charge < -0.3 is 4.74 Å². The third-order valence-electron chi connectivity index (χ3n) is 4.69. The first kappa shape index (κ1) is 14.1. The van der Waals surface area contributed by atoms with Gasteiger partial charge in [-0.2, -0.15) is 0 Å². The van der Waals surface area contributed by atoms with Crippen LogP contribution in [0.25, 0.3) is 0 Å². The van der Waals surface area contributed by atoms with Gasteiger partial charge in [-0.25, -0.2) is 0 Å². The molecule has 0 N–H and O–H groups in total. The van der Waals surface area contributed by atoms with E-state index in [9.17, 15) is 4.79 Å². The van der Waals surface area contributed by atoms with Crippen LogP contribution >= 0.6 is 0 Å². The van der Waals surface area contributed by atoms with Gasteiger partial charge in [0, 0.05) is 18.7 Å². The van der Waals surface area contributed by atoms with E-state index < -0.39 is 5.41 Å². The number of ether oxygens (including phenoxy) is 1. The molecule has 1 heterocycles. The minimum absolute atomic E-state index is 0.0966. The molecule has 1 aromatic rings. The van der Waals surface area contributed by atoms with Gasteiger partial charge >= 0.3 is 0 Å². The maximum Gasteiger partial charge on any atom is 0.240 e. The summed E-state index contributed by atoms with van der Waals surface area (Å²) in [4.78, 5) is 15.0. The second kappa shape index (κ2) is 5.15. The monoisotopic (exact) mass is 283 g/mol. The van der Waals surface area contributed by atoms with E-state index in [0.29, 0.717) is 0 Å². The van der Waals surface area contributed by atoms with Gasteiger partial charge in [0.2, 0.25) is 5.91 Å². The molecule has 3 heteroatoms. The van der Waals surface area contributed by atoms with Crippen molar-refractivity contribution in [3.8, 4) is 0 Å². The van der Waals surface area contributed by atoms with Crippen molar-refractivity contribution in [1.82, 2.24) is 0 Å². The van der Waals surface area contributed by atoms with Gasteiger partial charge in [0.15, 0.2) is 0 Å². The predicted octanol–water partition coefficient (Wildman–Crippen LogP) is 3.49. The van der Waals surface area contributed by atoms with Crippen molar-refractivity contribution in [3.63, 3.8) is 0 Å². The van der Waals surface area contributed by atoms with E-state index >= 15 is 0 Å². The first-order valence-corrected chi connectivity index (χ1v) is 7.38. The molecule has 2 atom stereocenters. The lowest BCUT2D eigenvalue weighted by Crippen LogP contribution is -2.53. The molecule has 1 aliphatic carbocycles. The zero-order valence-corrected chi connectivity index (χ0v) is 12.7. The summed E-state index contributed by atoms with van der Waals surface area (Å²) in [5.74, 6) is 0.437. The minimum atomic E-state index is -0.512. The van der Waals surface area contributed by atoms with E-state index in [-0.39, 0.29) is 24.5 Å². The largest absolute Gasteiger partial charge is 0.364 e. The molecule has 0 saturated carbocycles. The second-order valence-electron chi connectivity index (χ2n) is 6.02. The number of amides is 1. The summed E-state index contributed by atoms with van der Waals surface area (Å²) in [6.45, 7) is 4.52. The molecule has 0 unspecified atom stereocenters. The molecule has 0 saturated heterocycles. The number of benzene rings is 1. The Bertz CT molecular complexity index is 617. The third kappa shape index (κ3) is 1.88. The van der Waals surface area contributed by atoms with Crippen LogP contribution in [-0.4, -0.2) is 19.7 Å². The van der Waals surface area contributed by atoms with Crippen LogP contribution in [0.5, 0.6) is 0 Å². The van der Waals surface area contributed by atoms with Gasteiger partial charge in [0.1, 0.15) is 6.73 Å². The Kier molecular flexibility index (Phi) is 3.46. The zero-order valence-electron chi connectivity index (χ0n) is 12.7. The maximum absolute atomic E-state index is 13.2. The average molecular weight is 283 g/mol. The van der Waals surface area contributed by atoms with Gasteiger partial charge in [-0.3, -0.25) is 9.69 Å². The topological polar surface area (TPSA) is 29.5 Å². The van der Waals surface area contributed by atoms with E-state index in [0.717, 1.165) is 5.69 Å². The number of methoxy groups -OCH3 is 1. The minimum Gasteiger partial charge on any atom is -0.364 e. The number of para-hydroxylation sites is 1. The van der Waals surface area contributed by atoms with Crippen LogP contribution in [-0.2, 0) is 9.53 Å². The summed E-state index contributed by atoms with van der Waals surface area (Å²) in [5.41, 5.74) is 1.65. The lowest BCUT2D eigenvalue weighted by atomic mass is 9.60. The van der Waals surface area contributed by atoms with Crippen LogP contribution in [0.3, 0.4) is 0 Å². The van der Waals surface area contributed by atoms with E-state index in [4.69, 9.17) is 4.74 Å². The molecule has 0 bridgehead atoms. The van der Waals surface area contributed by atoms with Crippen LogP contribution in [0.1, 0.15) is 25.3 Å². The van der Waals surface area contributed by atoms with Crippen molar-refractivity contribution < 1.29 is 9.53 Å². The first-order valence-electron chi connectivity index (χ1n) is 7.38. The van der Waals surface area contributed by atoms with Gasteiger partial charge in [-0.15, -0.1) is 0 Å². The lowest BCUT2D eigenvalue weighted by molar-refractivity contribution is -0.130. The SMILES string of the molecule is COCN1C(=O)[C@@]2(C(C)C)C=CC=C[C@H]2c2ccccc21. The normalized spacial score (nSPS) is 27.0. The average Bonchev–Trinajstić information content (AvgIpc) is 2.51. The predicted molar refractivity (Wildman–Crippen MR) is 84.1 cm³/mol. The van der Waals surface area contributed by atoms with Crippen LogP contribution in [0, 0.1) is 11.3 Å². The Morgan fingerprint density at radius 3 is 2.76 bits per heavy atom. The molecule has 0 radical (unpaired) electrons. The van der Waals surface area contributed by atoms with E-state index in [2.05, 4.69) is 32.1 Å². The number of allylic oxidation sites excluding steroid dienone is 3.